The van der Waals surface area contributed by atoms with E-state index < -0.39 is 0 Å². The van der Waals surface area contributed by atoms with Crippen LogP contribution in [-0.4, -0.2) is 12.3 Å². The molecule has 0 radical (unpaired) electrons. The zero-order valence-corrected chi connectivity index (χ0v) is 8.97. The number of hydrogen-bond acceptors (Lipinski definition) is 1. The zero-order valence-electron chi connectivity index (χ0n) is 8.97. The van der Waals surface area contributed by atoms with Gasteiger partial charge in [0.25, 0.3) is 0 Å². The highest BCUT2D eigenvalue weighted by molar-refractivity contribution is 5.57. The SMILES string of the molecule is CCCCCC=NC1CCCCC1. The summed E-state index contributed by atoms with van der Waals surface area (Å²) in [6.45, 7) is 2.25. The number of rotatable bonds is 5. The lowest BCUT2D eigenvalue weighted by Crippen LogP contribution is -2.09. The van der Waals surface area contributed by atoms with Crippen LogP contribution in [0.2, 0.25) is 0 Å². The van der Waals surface area contributed by atoms with Crippen molar-refractivity contribution < 1.29 is 0 Å². The lowest BCUT2D eigenvalue weighted by atomic mass is 9.96. The second kappa shape index (κ2) is 7.11. The third-order valence-electron chi connectivity index (χ3n) is 2.83. The molecule has 1 aliphatic carbocycles. The van der Waals surface area contributed by atoms with Crippen molar-refractivity contribution in [3.05, 3.63) is 0 Å². The molecule has 0 aromatic carbocycles. The maximum absolute atomic E-state index is 4.63. The molecule has 1 fully saturated rings. The van der Waals surface area contributed by atoms with Crippen LogP contribution in [0.1, 0.15) is 64.7 Å². The average Bonchev–Trinajstić information content (AvgIpc) is 2.19. The van der Waals surface area contributed by atoms with Gasteiger partial charge in [-0.2, -0.15) is 0 Å². The van der Waals surface area contributed by atoms with Crippen LogP contribution in [0.5, 0.6) is 0 Å². The Balaban J connectivity index is 2.01. The van der Waals surface area contributed by atoms with Crippen molar-refractivity contribution in [3.63, 3.8) is 0 Å². The van der Waals surface area contributed by atoms with Crippen LogP contribution in [0.4, 0.5) is 0 Å². The van der Waals surface area contributed by atoms with E-state index in [-0.39, 0.29) is 0 Å². The summed E-state index contributed by atoms with van der Waals surface area (Å²) < 4.78 is 0. The highest BCUT2D eigenvalue weighted by Gasteiger charge is 2.10. The predicted octanol–water partition coefficient (Wildman–Crippen LogP) is 3.97. The van der Waals surface area contributed by atoms with E-state index in [0.29, 0.717) is 6.04 Å². The Morgan fingerprint density at radius 1 is 1.15 bits per heavy atom. The van der Waals surface area contributed by atoms with Gasteiger partial charge in [0.15, 0.2) is 0 Å². The van der Waals surface area contributed by atoms with Crippen LogP contribution in [0.3, 0.4) is 0 Å². The molecule has 0 N–H and O–H groups in total. The van der Waals surface area contributed by atoms with Gasteiger partial charge in [-0.25, -0.2) is 0 Å². The van der Waals surface area contributed by atoms with Crippen LogP contribution in [0.15, 0.2) is 4.99 Å². The van der Waals surface area contributed by atoms with Gasteiger partial charge in [-0.15, -0.1) is 0 Å². The molecule has 0 heterocycles. The van der Waals surface area contributed by atoms with Crippen LogP contribution >= 0.6 is 0 Å². The Morgan fingerprint density at radius 3 is 2.62 bits per heavy atom. The van der Waals surface area contributed by atoms with Crippen LogP contribution in [0, 0.1) is 0 Å². The normalized spacial score (nSPS) is 19.8. The fraction of sp³-hybridized carbons (Fsp3) is 0.917. The highest BCUT2D eigenvalue weighted by atomic mass is 14.8. The molecule has 1 saturated carbocycles. The van der Waals surface area contributed by atoms with Gasteiger partial charge < -0.3 is 0 Å². The number of hydrogen-bond donors (Lipinski definition) is 0. The fourth-order valence-electron chi connectivity index (χ4n) is 1.94. The minimum Gasteiger partial charge on any atom is -0.294 e. The Kier molecular flexibility index (Phi) is 5.88. The first-order valence-corrected chi connectivity index (χ1v) is 5.95. The molecule has 1 heteroatoms. The quantitative estimate of drug-likeness (QED) is 0.449. The molecule has 0 atom stereocenters. The summed E-state index contributed by atoms with van der Waals surface area (Å²) in [5.74, 6) is 0. The van der Waals surface area contributed by atoms with Crippen molar-refractivity contribution >= 4 is 6.21 Å². The molecular formula is C12H23N. The first-order chi connectivity index (χ1) is 6.43. The first-order valence-electron chi connectivity index (χ1n) is 5.95. The highest BCUT2D eigenvalue weighted by Crippen LogP contribution is 2.19. The molecule has 0 unspecified atom stereocenters. The van der Waals surface area contributed by atoms with Crippen molar-refractivity contribution in [2.24, 2.45) is 4.99 Å². The third-order valence-corrected chi connectivity index (χ3v) is 2.83. The molecule has 13 heavy (non-hydrogen) atoms. The molecule has 0 aromatic heterocycles. The van der Waals surface area contributed by atoms with Gasteiger partial charge in [-0.05, 0) is 31.9 Å². The predicted molar refractivity (Wildman–Crippen MR) is 59.5 cm³/mol. The molecule has 76 valence electrons. The second-order valence-electron chi connectivity index (χ2n) is 4.12. The maximum atomic E-state index is 4.63. The van der Waals surface area contributed by atoms with E-state index in [0.717, 1.165) is 0 Å². The summed E-state index contributed by atoms with van der Waals surface area (Å²) in [5.41, 5.74) is 0. The van der Waals surface area contributed by atoms with Gasteiger partial charge in [-0.3, -0.25) is 4.99 Å². The molecule has 0 bridgehead atoms. The molecule has 0 aromatic rings. The minimum atomic E-state index is 0.676. The number of unbranched alkanes of at least 4 members (excludes halogenated alkanes) is 3. The Labute approximate surface area is 82.6 Å². The van der Waals surface area contributed by atoms with Crippen molar-refractivity contribution in [1.29, 1.82) is 0 Å². The molecule has 1 rings (SSSR count). The van der Waals surface area contributed by atoms with Gasteiger partial charge in [0.2, 0.25) is 0 Å². The van der Waals surface area contributed by atoms with Crippen LogP contribution < -0.4 is 0 Å². The van der Waals surface area contributed by atoms with Gasteiger partial charge in [0.1, 0.15) is 0 Å². The summed E-state index contributed by atoms with van der Waals surface area (Å²) >= 11 is 0. The van der Waals surface area contributed by atoms with Crippen LogP contribution in [-0.2, 0) is 0 Å². The molecule has 0 saturated heterocycles. The van der Waals surface area contributed by atoms with Crippen LogP contribution in [0.25, 0.3) is 0 Å². The number of nitrogens with zero attached hydrogens (tertiary/aromatic N) is 1. The molecular weight excluding hydrogens is 158 g/mol. The summed E-state index contributed by atoms with van der Waals surface area (Å²) in [4.78, 5) is 4.63. The number of aliphatic imine (C=N–C) groups is 1. The van der Waals surface area contributed by atoms with Crippen molar-refractivity contribution in [3.8, 4) is 0 Å². The zero-order chi connectivity index (χ0) is 9.36. The summed E-state index contributed by atoms with van der Waals surface area (Å²) in [5, 5.41) is 0. The van der Waals surface area contributed by atoms with E-state index in [9.17, 15) is 0 Å². The lowest BCUT2D eigenvalue weighted by molar-refractivity contribution is 0.444. The first kappa shape index (κ1) is 10.7. The van der Waals surface area contributed by atoms with E-state index in [4.69, 9.17) is 0 Å². The van der Waals surface area contributed by atoms with Gasteiger partial charge in [-0.1, -0.05) is 39.0 Å². The maximum Gasteiger partial charge on any atom is 0.0495 e. The standard InChI is InChI=1S/C12H23N/c1-2-3-4-8-11-13-12-9-6-5-7-10-12/h11-12H,2-10H2,1H3. The van der Waals surface area contributed by atoms with Gasteiger partial charge in [0.05, 0.1) is 0 Å². The molecule has 1 nitrogen and oxygen atoms in total. The van der Waals surface area contributed by atoms with Crippen molar-refractivity contribution in [1.82, 2.24) is 0 Å². The van der Waals surface area contributed by atoms with Gasteiger partial charge >= 0.3 is 0 Å². The van der Waals surface area contributed by atoms with E-state index in [2.05, 4.69) is 18.1 Å². The van der Waals surface area contributed by atoms with E-state index >= 15 is 0 Å². The largest absolute Gasteiger partial charge is 0.294 e. The summed E-state index contributed by atoms with van der Waals surface area (Å²) in [7, 11) is 0. The molecule has 0 aliphatic heterocycles. The Hall–Kier alpha value is -0.330. The minimum absolute atomic E-state index is 0.676. The van der Waals surface area contributed by atoms with Crippen molar-refractivity contribution in [2.75, 3.05) is 0 Å². The average molecular weight is 181 g/mol. The van der Waals surface area contributed by atoms with E-state index in [1.807, 2.05) is 0 Å². The Bertz CT molecular complexity index is 134. The van der Waals surface area contributed by atoms with E-state index in [1.54, 1.807) is 0 Å². The van der Waals surface area contributed by atoms with Crippen molar-refractivity contribution in [2.45, 2.75) is 70.8 Å². The smallest absolute Gasteiger partial charge is 0.0495 e. The third kappa shape index (κ3) is 5.07. The molecule has 1 aliphatic rings. The second-order valence-corrected chi connectivity index (χ2v) is 4.12. The molecule has 0 spiro atoms. The van der Waals surface area contributed by atoms with Gasteiger partial charge in [0, 0.05) is 6.04 Å². The summed E-state index contributed by atoms with van der Waals surface area (Å²) in [6, 6.07) is 0.676. The van der Waals surface area contributed by atoms with E-state index in [1.165, 1.54) is 57.8 Å². The monoisotopic (exact) mass is 181 g/mol. The Morgan fingerprint density at radius 2 is 1.92 bits per heavy atom. The summed E-state index contributed by atoms with van der Waals surface area (Å²) in [6.07, 6.45) is 14.3. The fourth-order valence-corrected chi connectivity index (χ4v) is 1.94. The topological polar surface area (TPSA) is 12.4 Å². The molecule has 0 amide bonds. The lowest BCUT2D eigenvalue weighted by Gasteiger charge is -2.16.